The van der Waals surface area contributed by atoms with Crippen LogP contribution in [0.3, 0.4) is 0 Å². The third-order valence-electron chi connectivity index (χ3n) is 2.75. The number of aromatic amines is 1. The molecule has 92 valence electrons. The number of anilines is 1. The predicted octanol–water partition coefficient (Wildman–Crippen LogP) is 2.36. The van der Waals surface area contributed by atoms with Crippen LogP contribution in [0, 0.1) is 24.2 Å². The van der Waals surface area contributed by atoms with Gasteiger partial charge < -0.3 is 10.3 Å². The SMILES string of the molecule is CCC(C#N)C(=O)Nc1ccc2nc(C)[nH]c2c1. The second-order valence-corrected chi connectivity index (χ2v) is 4.13. The van der Waals surface area contributed by atoms with Crippen molar-refractivity contribution in [2.75, 3.05) is 5.32 Å². The van der Waals surface area contributed by atoms with Gasteiger partial charge in [-0.15, -0.1) is 0 Å². The van der Waals surface area contributed by atoms with E-state index in [1.165, 1.54) is 0 Å². The third-order valence-corrected chi connectivity index (χ3v) is 2.75. The van der Waals surface area contributed by atoms with Crippen LogP contribution in [-0.4, -0.2) is 15.9 Å². The van der Waals surface area contributed by atoms with Gasteiger partial charge in [-0.1, -0.05) is 6.92 Å². The fourth-order valence-electron chi connectivity index (χ4n) is 1.78. The van der Waals surface area contributed by atoms with Crippen molar-refractivity contribution in [2.24, 2.45) is 5.92 Å². The fraction of sp³-hybridized carbons (Fsp3) is 0.308. The summed E-state index contributed by atoms with van der Waals surface area (Å²) in [6, 6.07) is 7.42. The van der Waals surface area contributed by atoms with Gasteiger partial charge in [0, 0.05) is 5.69 Å². The summed E-state index contributed by atoms with van der Waals surface area (Å²) in [5.74, 6) is -0.0447. The fourth-order valence-corrected chi connectivity index (χ4v) is 1.78. The second kappa shape index (κ2) is 4.88. The Balaban J connectivity index is 2.22. The van der Waals surface area contributed by atoms with E-state index in [-0.39, 0.29) is 5.91 Å². The van der Waals surface area contributed by atoms with Gasteiger partial charge in [-0.05, 0) is 31.5 Å². The zero-order chi connectivity index (χ0) is 13.1. The summed E-state index contributed by atoms with van der Waals surface area (Å²) in [7, 11) is 0. The number of carbonyl (C=O) groups is 1. The van der Waals surface area contributed by atoms with Crippen LogP contribution in [0.1, 0.15) is 19.2 Å². The van der Waals surface area contributed by atoms with Crippen molar-refractivity contribution in [3.63, 3.8) is 0 Å². The number of rotatable bonds is 3. The first-order valence-electron chi connectivity index (χ1n) is 5.81. The molecule has 5 nitrogen and oxygen atoms in total. The van der Waals surface area contributed by atoms with E-state index in [4.69, 9.17) is 5.26 Å². The molecule has 1 aromatic carbocycles. The molecule has 1 atom stereocenters. The van der Waals surface area contributed by atoms with Crippen LogP contribution in [0.5, 0.6) is 0 Å². The Morgan fingerprint density at radius 3 is 3.06 bits per heavy atom. The number of nitriles is 1. The summed E-state index contributed by atoms with van der Waals surface area (Å²) in [5.41, 5.74) is 2.40. The minimum absolute atomic E-state index is 0.268. The maximum atomic E-state index is 11.8. The van der Waals surface area contributed by atoms with Gasteiger partial charge in [0.25, 0.3) is 0 Å². The number of H-pyrrole nitrogens is 1. The summed E-state index contributed by atoms with van der Waals surface area (Å²) < 4.78 is 0. The van der Waals surface area contributed by atoms with Gasteiger partial charge in [-0.25, -0.2) is 4.98 Å². The van der Waals surface area contributed by atoms with E-state index < -0.39 is 5.92 Å². The molecule has 1 aromatic heterocycles. The molecule has 0 radical (unpaired) electrons. The standard InChI is InChI=1S/C13H14N4O/c1-3-9(7-14)13(18)17-10-4-5-11-12(6-10)16-8(2)15-11/h4-6,9H,3H2,1-2H3,(H,15,16)(H,17,18). The van der Waals surface area contributed by atoms with Crippen molar-refractivity contribution in [2.45, 2.75) is 20.3 Å². The summed E-state index contributed by atoms with van der Waals surface area (Å²) in [6.07, 6.45) is 0.508. The summed E-state index contributed by atoms with van der Waals surface area (Å²) in [4.78, 5) is 19.1. The highest BCUT2D eigenvalue weighted by Crippen LogP contribution is 2.18. The molecule has 0 spiro atoms. The molecule has 18 heavy (non-hydrogen) atoms. The van der Waals surface area contributed by atoms with Crippen LogP contribution < -0.4 is 5.32 Å². The number of hydrogen-bond donors (Lipinski definition) is 2. The van der Waals surface area contributed by atoms with Crippen LogP contribution in [0.2, 0.25) is 0 Å². The molecule has 2 aromatic rings. The largest absolute Gasteiger partial charge is 0.342 e. The number of nitrogens with zero attached hydrogens (tertiary/aromatic N) is 2. The molecular weight excluding hydrogens is 228 g/mol. The topological polar surface area (TPSA) is 81.6 Å². The smallest absolute Gasteiger partial charge is 0.241 e. The van der Waals surface area contributed by atoms with Crippen molar-refractivity contribution >= 4 is 22.6 Å². The van der Waals surface area contributed by atoms with Crippen molar-refractivity contribution in [1.82, 2.24) is 9.97 Å². The average molecular weight is 242 g/mol. The quantitative estimate of drug-likeness (QED) is 0.866. The average Bonchev–Trinajstić information content (AvgIpc) is 2.70. The van der Waals surface area contributed by atoms with Gasteiger partial charge >= 0.3 is 0 Å². The lowest BCUT2D eigenvalue weighted by Crippen LogP contribution is -2.20. The third kappa shape index (κ3) is 2.33. The molecule has 1 unspecified atom stereocenters. The molecule has 0 fully saturated rings. The Morgan fingerprint density at radius 1 is 1.61 bits per heavy atom. The molecule has 0 aliphatic carbocycles. The van der Waals surface area contributed by atoms with E-state index in [1.54, 1.807) is 6.07 Å². The van der Waals surface area contributed by atoms with E-state index in [9.17, 15) is 4.79 Å². The van der Waals surface area contributed by atoms with Crippen molar-refractivity contribution in [1.29, 1.82) is 5.26 Å². The Hall–Kier alpha value is -2.35. The van der Waals surface area contributed by atoms with Crippen molar-refractivity contribution in [3.05, 3.63) is 24.0 Å². The molecule has 1 heterocycles. The molecule has 1 amide bonds. The van der Waals surface area contributed by atoms with Crippen molar-refractivity contribution in [3.8, 4) is 6.07 Å². The number of carbonyl (C=O) groups excluding carboxylic acids is 1. The first-order chi connectivity index (χ1) is 8.63. The highest BCUT2D eigenvalue weighted by molar-refractivity contribution is 5.95. The second-order valence-electron chi connectivity index (χ2n) is 4.13. The zero-order valence-electron chi connectivity index (χ0n) is 10.3. The van der Waals surface area contributed by atoms with Crippen LogP contribution in [0.4, 0.5) is 5.69 Å². The van der Waals surface area contributed by atoms with E-state index in [0.29, 0.717) is 12.1 Å². The molecule has 0 bridgehead atoms. The Morgan fingerprint density at radius 2 is 2.39 bits per heavy atom. The first kappa shape index (κ1) is 12.1. The lowest BCUT2D eigenvalue weighted by Gasteiger charge is -2.07. The van der Waals surface area contributed by atoms with Crippen molar-refractivity contribution < 1.29 is 4.79 Å². The predicted molar refractivity (Wildman–Crippen MR) is 68.9 cm³/mol. The van der Waals surface area contributed by atoms with Crippen LogP contribution >= 0.6 is 0 Å². The van der Waals surface area contributed by atoms with Gasteiger partial charge in [0.2, 0.25) is 5.91 Å². The summed E-state index contributed by atoms with van der Waals surface area (Å²) in [6.45, 7) is 3.69. The van der Waals surface area contributed by atoms with E-state index >= 15 is 0 Å². The van der Waals surface area contributed by atoms with Crippen LogP contribution in [0.15, 0.2) is 18.2 Å². The maximum absolute atomic E-state index is 11.8. The maximum Gasteiger partial charge on any atom is 0.241 e. The molecule has 0 saturated carbocycles. The number of benzene rings is 1. The van der Waals surface area contributed by atoms with Gasteiger partial charge in [0.05, 0.1) is 17.1 Å². The van der Waals surface area contributed by atoms with Crippen LogP contribution in [0.25, 0.3) is 11.0 Å². The van der Waals surface area contributed by atoms with E-state index in [1.807, 2.05) is 32.0 Å². The normalized spacial score (nSPS) is 12.1. The van der Waals surface area contributed by atoms with Crippen LogP contribution in [-0.2, 0) is 4.79 Å². The monoisotopic (exact) mass is 242 g/mol. The lowest BCUT2D eigenvalue weighted by atomic mass is 10.1. The summed E-state index contributed by atoms with van der Waals surface area (Å²) >= 11 is 0. The molecule has 2 rings (SSSR count). The molecule has 2 N–H and O–H groups in total. The molecule has 0 aliphatic rings. The van der Waals surface area contributed by atoms with Gasteiger partial charge in [-0.3, -0.25) is 4.79 Å². The number of hydrogen-bond acceptors (Lipinski definition) is 3. The number of fused-ring (bicyclic) bond motifs is 1. The van der Waals surface area contributed by atoms with Gasteiger partial charge in [0.15, 0.2) is 0 Å². The number of aromatic nitrogens is 2. The highest BCUT2D eigenvalue weighted by atomic mass is 16.1. The molecular formula is C13H14N4O. The molecule has 0 saturated heterocycles. The Bertz CT molecular complexity index is 623. The first-order valence-corrected chi connectivity index (χ1v) is 5.81. The lowest BCUT2D eigenvalue weighted by molar-refractivity contribution is -0.118. The zero-order valence-corrected chi connectivity index (χ0v) is 10.3. The molecule has 5 heteroatoms. The minimum atomic E-state index is -0.607. The van der Waals surface area contributed by atoms with Gasteiger partial charge in [0.1, 0.15) is 11.7 Å². The van der Waals surface area contributed by atoms with E-state index in [2.05, 4.69) is 15.3 Å². The summed E-state index contributed by atoms with van der Waals surface area (Å²) in [5, 5.41) is 11.6. The number of nitrogens with one attached hydrogen (secondary N) is 2. The van der Waals surface area contributed by atoms with Gasteiger partial charge in [-0.2, -0.15) is 5.26 Å². The number of aryl methyl sites for hydroxylation is 1. The number of amides is 1. The molecule has 0 aliphatic heterocycles. The Labute approximate surface area is 105 Å². The highest BCUT2D eigenvalue weighted by Gasteiger charge is 2.15. The number of imidazole rings is 1. The van der Waals surface area contributed by atoms with E-state index in [0.717, 1.165) is 16.9 Å². The minimum Gasteiger partial charge on any atom is -0.342 e. The Kier molecular flexibility index (Phi) is 3.28.